The molecular weight excluding hydrogens is 214 g/mol. The van der Waals surface area contributed by atoms with Gasteiger partial charge in [-0.15, -0.1) is 0 Å². The molecule has 0 radical (unpaired) electrons. The summed E-state index contributed by atoms with van der Waals surface area (Å²) in [6, 6.07) is 0. The van der Waals surface area contributed by atoms with Gasteiger partial charge >= 0.3 is 6.09 Å². The summed E-state index contributed by atoms with van der Waals surface area (Å²) in [4.78, 5) is 11.5. The van der Waals surface area contributed by atoms with Gasteiger partial charge in [-0.3, -0.25) is 0 Å². The fraction of sp³-hybridized carbons (Fsp3) is 0.929. The highest BCUT2D eigenvalue weighted by Gasteiger charge is 2.21. The molecule has 0 unspecified atom stereocenters. The predicted molar refractivity (Wildman–Crippen MR) is 72.2 cm³/mol. The van der Waals surface area contributed by atoms with Crippen LogP contribution in [0, 0.1) is 5.41 Å². The van der Waals surface area contributed by atoms with Crippen LogP contribution in [0.1, 0.15) is 67.2 Å². The highest BCUT2D eigenvalue weighted by molar-refractivity contribution is 5.67. The molecule has 0 atom stereocenters. The Morgan fingerprint density at radius 2 is 1.71 bits per heavy atom. The van der Waals surface area contributed by atoms with Gasteiger partial charge in [0.1, 0.15) is 5.60 Å². The van der Waals surface area contributed by atoms with E-state index in [0.29, 0.717) is 6.54 Å². The van der Waals surface area contributed by atoms with E-state index in [1.54, 1.807) is 0 Å². The first-order chi connectivity index (χ1) is 7.66. The minimum Gasteiger partial charge on any atom is -0.444 e. The summed E-state index contributed by atoms with van der Waals surface area (Å²) in [6.07, 6.45) is 4.53. The maximum absolute atomic E-state index is 11.5. The quantitative estimate of drug-likeness (QED) is 0.713. The van der Waals surface area contributed by atoms with Crippen LogP contribution in [-0.4, -0.2) is 18.2 Å². The van der Waals surface area contributed by atoms with E-state index in [2.05, 4.69) is 26.1 Å². The molecule has 0 aliphatic rings. The van der Waals surface area contributed by atoms with Gasteiger partial charge in [0.05, 0.1) is 0 Å². The van der Waals surface area contributed by atoms with Gasteiger partial charge in [-0.25, -0.2) is 4.79 Å². The average Bonchev–Trinajstić information content (AvgIpc) is 2.13. The number of hydrogen-bond donors (Lipinski definition) is 1. The maximum Gasteiger partial charge on any atom is 0.407 e. The number of amides is 1. The number of nitrogens with one attached hydrogen (secondary N) is 1. The summed E-state index contributed by atoms with van der Waals surface area (Å²) in [7, 11) is 0. The SMILES string of the molecule is CCCCCC(C)(C)CNC(=O)OC(C)(C)C. The van der Waals surface area contributed by atoms with Gasteiger partial charge in [0.25, 0.3) is 0 Å². The van der Waals surface area contributed by atoms with Crippen LogP contribution in [0.3, 0.4) is 0 Å². The number of unbranched alkanes of at least 4 members (excludes halogenated alkanes) is 2. The fourth-order valence-electron chi connectivity index (χ4n) is 1.57. The van der Waals surface area contributed by atoms with Gasteiger partial charge < -0.3 is 10.1 Å². The van der Waals surface area contributed by atoms with Crippen molar-refractivity contribution < 1.29 is 9.53 Å². The van der Waals surface area contributed by atoms with Crippen molar-refractivity contribution in [3.8, 4) is 0 Å². The van der Waals surface area contributed by atoms with Gasteiger partial charge in [0, 0.05) is 6.54 Å². The van der Waals surface area contributed by atoms with Gasteiger partial charge in [-0.05, 0) is 32.6 Å². The van der Waals surface area contributed by atoms with E-state index in [0.717, 1.165) is 6.42 Å². The molecule has 0 rings (SSSR count). The molecule has 0 aromatic carbocycles. The van der Waals surface area contributed by atoms with E-state index in [-0.39, 0.29) is 11.5 Å². The lowest BCUT2D eigenvalue weighted by atomic mass is 9.87. The summed E-state index contributed by atoms with van der Waals surface area (Å²) < 4.78 is 5.21. The number of carbonyl (C=O) groups excluding carboxylic acids is 1. The number of alkyl carbamates (subject to hydrolysis) is 1. The first-order valence-electron chi connectivity index (χ1n) is 6.63. The average molecular weight is 243 g/mol. The van der Waals surface area contributed by atoms with Crippen LogP contribution in [-0.2, 0) is 4.74 Å². The molecule has 3 nitrogen and oxygen atoms in total. The number of hydrogen-bond acceptors (Lipinski definition) is 2. The summed E-state index contributed by atoms with van der Waals surface area (Å²) >= 11 is 0. The van der Waals surface area contributed by atoms with Crippen molar-refractivity contribution in [2.75, 3.05) is 6.54 Å². The molecule has 0 spiro atoms. The van der Waals surface area contributed by atoms with Crippen LogP contribution in [0.2, 0.25) is 0 Å². The second-order valence-electron chi connectivity index (χ2n) is 6.48. The Labute approximate surface area is 106 Å². The van der Waals surface area contributed by atoms with Gasteiger partial charge in [0.15, 0.2) is 0 Å². The zero-order chi connectivity index (χ0) is 13.5. The molecule has 0 saturated heterocycles. The lowest BCUT2D eigenvalue weighted by Gasteiger charge is -2.26. The van der Waals surface area contributed by atoms with E-state index in [1.807, 2.05) is 20.8 Å². The zero-order valence-corrected chi connectivity index (χ0v) is 12.4. The zero-order valence-electron chi connectivity index (χ0n) is 12.4. The normalized spacial score (nSPS) is 12.4. The summed E-state index contributed by atoms with van der Waals surface area (Å²) in [6.45, 7) is 12.9. The Kier molecular flexibility index (Phi) is 6.58. The molecule has 0 aliphatic carbocycles. The standard InChI is InChI=1S/C14H29NO2/c1-7-8-9-10-14(5,6)11-15-12(16)17-13(2,3)4/h7-11H2,1-6H3,(H,15,16). The minimum atomic E-state index is -0.420. The molecule has 17 heavy (non-hydrogen) atoms. The number of ether oxygens (including phenoxy) is 1. The number of carbonyl (C=O) groups is 1. The van der Waals surface area contributed by atoms with Crippen molar-refractivity contribution in [1.29, 1.82) is 0 Å². The minimum absolute atomic E-state index is 0.145. The Hall–Kier alpha value is -0.730. The first-order valence-corrected chi connectivity index (χ1v) is 6.63. The Morgan fingerprint density at radius 1 is 1.12 bits per heavy atom. The molecule has 0 bridgehead atoms. The van der Waals surface area contributed by atoms with Crippen LogP contribution < -0.4 is 5.32 Å². The fourth-order valence-corrected chi connectivity index (χ4v) is 1.57. The Balaban J connectivity index is 3.88. The third-order valence-electron chi connectivity index (χ3n) is 2.57. The van der Waals surface area contributed by atoms with E-state index >= 15 is 0 Å². The third-order valence-corrected chi connectivity index (χ3v) is 2.57. The molecule has 1 amide bonds. The van der Waals surface area contributed by atoms with Gasteiger partial charge in [0.2, 0.25) is 0 Å². The summed E-state index contributed by atoms with van der Waals surface area (Å²) in [5, 5.41) is 2.85. The molecular formula is C14H29NO2. The lowest BCUT2D eigenvalue weighted by molar-refractivity contribution is 0.0504. The van der Waals surface area contributed by atoms with Gasteiger partial charge in [-0.1, -0.05) is 40.0 Å². The van der Waals surface area contributed by atoms with Crippen molar-refractivity contribution in [3.05, 3.63) is 0 Å². The molecule has 0 heterocycles. The van der Waals surface area contributed by atoms with Crippen molar-refractivity contribution in [3.63, 3.8) is 0 Å². The Morgan fingerprint density at radius 3 is 2.18 bits per heavy atom. The highest BCUT2D eigenvalue weighted by atomic mass is 16.6. The molecule has 0 fully saturated rings. The second kappa shape index (κ2) is 6.87. The second-order valence-corrected chi connectivity index (χ2v) is 6.48. The van der Waals surface area contributed by atoms with Crippen LogP contribution in [0.25, 0.3) is 0 Å². The van der Waals surface area contributed by atoms with Crippen molar-refractivity contribution in [2.45, 2.75) is 72.8 Å². The van der Waals surface area contributed by atoms with Crippen molar-refractivity contribution in [1.82, 2.24) is 5.32 Å². The molecule has 0 saturated carbocycles. The van der Waals surface area contributed by atoms with Gasteiger partial charge in [-0.2, -0.15) is 0 Å². The lowest BCUT2D eigenvalue weighted by Crippen LogP contribution is -2.38. The molecule has 0 aromatic heterocycles. The monoisotopic (exact) mass is 243 g/mol. The smallest absolute Gasteiger partial charge is 0.407 e. The van der Waals surface area contributed by atoms with E-state index in [1.165, 1.54) is 19.3 Å². The molecule has 0 aromatic rings. The van der Waals surface area contributed by atoms with Crippen molar-refractivity contribution in [2.24, 2.45) is 5.41 Å². The molecule has 3 heteroatoms. The largest absolute Gasteiger partial charge is 0.444 e. The van der Waals surface area contributed by atoms with E-state index in [4.69, 9.17) is 4.74 Å². The number of rotatable bonds is 6. The third kappa shape index (κ3) is 10.2. The summed E-state index contributed by atoms with van der Waals surface area (Å²) in [5.74, 6) is 0. The van der Waals surface area contributed by atoms with Crippen LogP contribution in [0.15, 0.2) is 0 Å². The highest BCUT2D eigenvalue weighted by Crippen LogP contribution is 2.22. The predicted octanol–water partition coefficient (Wildman–Crippen LogP) is 4.12. The van der Waals surface area contributed by atoms with Crippen LogP contribution in [0.4, 0.5) is 4.79 Å². The van der Waals surface area contributed by atoms with Crippen LogP contribution in [0.5, 0.6) is 0 Å². The van der Waals surface area contributed by atoms with Crippen molar-refractivity contribution >= 4 is 6.09 Å². The first kappa shape index (κ1) is 16.3. The topological polar surface area (TPSA) is 38.3 Å². The molecule has 1 N–H and O–H groups in total. The maximum atomic E-state index is 11.5. The Bertz CT molecular complexity index is 229. The summed E-state index contributed by atoms with van der Waals surface area (Å²) in [5.41, 5.74) is -0.275. The molecule has 0 aliphatic heterocycles. The van der Waals surface area contributed by atoms with E-state index < -0.39 is 5.60 Å². The van der Waals surface area contributed by atoms with E-state index in [9.17, 15) is 4.79 Å². The van der Waals surface area contributed by atoms with Crippen LogP contribution >= 0.6 is 0 Å². The molecule has 102 valence electrons.